The van der Waals surface area contributed by atoms with Crippen molar-refractivity contribution in [2.45, 2.75) is 25.5 Å². The number of morpholine rings is 1. The topological polar surface area (TPSA) is 68.5 Å². The molecule has 21 heavy (non-hydrogen) atoms. The number of fused-ring (bicyclic) bond motifs is 1. The summed E-state index contributed by atoms with van der Waals surface area (Å²) in [5.41, 5.74) is 6.39. The fraction of sp³-hybridized carbons (Fsp3) is 0.467. The van der Waals surface area contributed by atoms with Gasteiger partial charge in [-0.1, -0.05) is 12.1 Å². The first-order valence-corrected chi connectivity index (χ1v) is 7.94. The summed E-state index contributed by atoms with van der Waals surface area (Å²) in [6.45, 7) is 4.12. The highest BCUT2D eigenvalue weighted by Crippen LogP contribution is 2.23. The molecule has 0 radical (unpaired) electrons. The van der Waals surface area contributed by atoms with Gasteiger partial charge >= 0.3 is 0 Å². The van der Waals surface area contributed by atoms with E-state index in [0.717, 1.165) is 23.5 Å². The van der Waals surface area contributed by atoms with Crippen LogP contribution >= 0.6 is 11.3 Å². The first kappa shape index (κ1) is 14.4. The highest BCUT2D eigenvalue weighted by Gasteiger charge is 2.27. The Hall–Kier alpha value is -1.50. The van der Waals surface area contributed by atoms with Crippen LogP contribution in [-0.2, 0) is 16.0 Å². The standard InChI is InChI=1S/C15H19N3O2S/c1-10(18-6-7-20-12(9-18)15(16)19)8-14-17-11-4-2-3-5-13(11)21-14/h2-5,10,12H,6-9H2,1H3,(H2,16,19). The SMILES string of the molecule is CC(Cc1nc2ccccc2s1)N1CCOC(C(N)=O)C1. The molecule has 0 saturated carbocycles. The molecule has 1 aromatic carbocycles. The second-order valence-corrected chi connectivity index (χ2v) is 6.50. The number of primary amides is 1. The van der Waals surface area contributed by atoms with Gasteiger partial charge in [0.15, 0.2) is 0 Å². The van der Waals surface area contributed by atoms with E-state index in [-0.39, 0.29) is 5.91 Å². The van der Waals surface area contributed by atoms with Gasteiger partial charge in [0.2, 0.25) is 5.91 Å². The Morgan fingerprint density at radius 2 is 2.38 bits per heavy atom. The van der Waals surface area contributed by atoms with Crippen LogP contribution < -0.4 is 5.73 Å². The predicted octanol–water partition coefficient (Wildman–Crippen LogP) is 1.41. The van der Waals surface area contributed by atoms with Crippen LogP contribution in [0.2, 0.25) is 0 Å². The van der Waals surface area contributed by atoms with E-state index in [1.165, 1.54) is 4.70 Å². The van der Waals surface area contributed by atoms with Gasteiger partial charge in [-0.3, -0.25) is 9.69 Å². The zero-order valence-corrected chi connectivity index (χ0v) is 12.8. The van der Waals surface area contributed by atoms with Gasteiger partial charge in [-0.25, -0.2) is 4.98 Å². The first-order chi connectivity index (χ1) is 10.1. The molecule has 2 heterocycles. The number of benzene rings is 1. The molecule has 1 aliphatic rings. The molecule has 2 N–H and O–H groups in total. The molecule has 1 saturated heterocycles. The average molecular weight is 305 g/mol. The lowest BCUT2D eigenvalue weighted by molar-refractivity contribution is -0.136. The van der Waals surface area contributed by atoms with Crippen molar-refractivity contribution < 1.29 is 9.53 Å². The van der Waals surface area contributed by atoms with Crippen LogP contribution in [-0.4, -0.2) is 47.6 Å². The molecule has 2 aromatic rings. The van der Waals surface area contributed by atoms with Gasteiger partial charge in [0.25, 0.3) is 0 Å². The van der Waals surface area contributed by atoms with Gasteiger partial charge in [0.1, 0.15) is 6.10 Å². The number of ether oxygens (including phenoxy) is 1. The molecule has 0 aliphatic carbocycles. The number of para-hydroxylation sites is 1. The second-order valence-electron chi connectivity index (χ2n) is 5.39. The van der Waals surface area contributed by atoms with Crippen molar-refractivity contribution in [1.29, 1.82) is 0 Å². The summed E-state index contributed by atoms with van der Waals surface area (Å²) in [7, 11) is 0. The van der Waals surface area contributed by atoms with Crippen LogP contribution in [0.25, 0.3) is 10.2 Å². The van der Waals surface area contributed by atoms with E-state index in [2.05, 4.69) is 22.9 Å². The second kappa shape index (κ2) is 6.09. The third kappa shape index (κ3) is 3.23. The lowest BCUT2D eigenvalue weighted by Gasteiger charge is -2.35. The van der Waals surface area contributed by atoms with Crippen LogP contribution in [0.3, 0.4) is 0 Å². The Kier molecular flexibility index (Phi) is 4.19. The summed E-state index contributed by atoms with van der Waals surface area (Å²) in [6, 6.07) is 8.50. The largest absolute Gasteiger partial charge is 0.367 e. The average Bonchev–Trinajstić information content (AvgIpc) is 2.89. The Labute approximate surface area is 127 Å². The van der Waals surface area contributed by atoms with Gasteiger partial charge in [0.05, 0.1) is 21.8 Å². The van der Waals surface area contributed by atoms with Crippen LogP contribution in [0, 0.1) is 0 Å². The maximum Gasteiger partial charge on any atom is 0.247 e. The molecule has 2 unspecified atom stereocenters. The number of carbonyl (C=O) groups excluding carboxylic acids is 1. The molecule has 0 bridgehead atoms. The number of hydrogen-bond donors (Lipinski definition) is 1. The molecular formula is C15H19N3O2S. The number of rotatable bonds is 4. The molecule has 3 rings (SSSR count). The summed E-state index contributed by atoms with van der Waals surface area (Å²) >= 11 is 1.74. The van der Waals surface area contributed by atoms with Gasteiger partial charge in [-0.15, -0.1) is 11.3 Å². The van der Waals surface area contributed by atoms with Gasteiger partial charge < -0.3 is 10.5 Å². The number of thiazole rings is 1. The normalized spacial score (nSPS) is 21.5. The third-order valence-corrected chi connectivity index (χ3v) is 4.91. The number of amides is 1. The minimum Gasteiger partial charge on any atom is -0.367 e. The zero-order chi connectivity index (χ0) is 14.8. The predicted molar refractivity (Wildman–Crippen MR) is 83.3 cm³/mol. The van der Waals surface area contributed by atoms with E-state index >= 15 is 0 Å². The van der Waals surface area contributed by atoms with E-state index < -0.39 is 6.10 Å². The Bertz CT molecular complexity index is 610. The van der Waals surface area contributed by atoms with E-state index in [1.54, 1.807) is 11.3 Å². The molecule has 112 valence electrons. The number of aromatic nitrogens is 1. The highest BCUT2D eigenvalue weighted by atomic mass is 32.1. The minimum atomic E-state index is -0.489. The van der Waals surface area contributed by atoms with Crippen LogP contribution in [0.1, 0.15) is 11.9 Å². The van der Waals surface area contributed by atoms with Crippen LogP contribution in [0.15, 0.2) is 24.3 Å². The van der Waals surface area contributed by atoms with Gasteiger partial charge in [-0.2, -0.15) is 0 Å². The van der Waals surface area contributed by atoms with E-state index in [1.807, 2.05) is 18.2 Å². The summed E-state index contributed by atoms with van der Waals surface area (Å²) in [5.74, 6) is -0.383. The summed E-state index contributed by atoms with van der Waals surface area (Å²) < 4.78 is 6.61. The van der Waals surface area contributed by atoms with Crippen molar-refractivity contribution in [2.75, 3.05) is 19.7 Å². The number of hydrogen-bond acceptors (Lipinski definition) is 5. The first-order valence-electron chi connectivity index (χ1n) is 7.13. The Morgan fingerprint density at radius 3 is 3.14 bits per heavy atom. The Morgan fingerprint density at radius 1 is 1.57 bits per heavy atom. The number of nitrogens with two attached hydrogens (primary N) is 1. The minimum absolute atomic E-state index is 0.316. The van der Waals surface area contributed by atoms with Crippen molar-refractivity contribution in [3.05, 3.63) is 29.3 Å². The van der Waals surface area contributed by atoms with Crippen LogP contribution in [0.4, 0.5) is 0 Å². The number of carbonyl (C=O) groups is 1. The van der Waals surface area contributed by atoms with Gasteiger partial charge in [0, 0.05) is 25.6 Å². The summed E-state index contributed by atoms with van der Waals surface area (Å²) in [4.78, 5) is 18.2. The van der Waals surface area contributed by atoms with Crippen molar-refractivity contribution in [3.63, 3.8) is 0 Å². The molecule has 1 amide bonds. The fourth-order valence-corrected chi connectivity index (χ4v) is 3.72. The molecule has 1 aromatic heterocycles. The Balaban J connectivity index is 1.67. The number of nitrogens with zero attached hydrogens (tertiary/aromatic N) is 2. The zero-order valence-electron chi connectivity index (χ0n) is 12.0. The van der Waals surface area contributed by atoms with Crippen molar-refractivity contribution in [2.24, 2.45) is 5.73 Å². The smallest absolute Gasteiger partial charge is 0.247 e. The molecule has 0 spiro atoms. The molecule has 6 heteroatoms. The van der Waals surface area contributed by atoms with Crippen molar-refractivity contribution in [1.82, 2.24) is 9.88 Å². The fourth-order valence-electron chi connectivity index (χ4n) is 2.63. The summed E-state index contributed by atoms with van der Waals surface area (Å²) in [5, 5.41) is 1.13. The molecule has 2 atom stereocenters. The maximum absolute atomic E-state index is 11.3. The van der Waals surface area contributed by atoms with Crippen LogP contribution in [0.5, 0.6) is 0 Å². The molecular weight excluding hydrogens is 286 g/mol. The molecule has 1 aliphatic heterocycles. The highest BCUT2D eigenvalue weighted by molar-refractivity contribution is 7.18. The van der Waals surface area contributed by atoms with E-state index in [0.29, 0.717) is 19.2 Å². The lowest BCUT2D eigenvalue weighted by Crippen LogP contribution is -2.51. The maximum atomic E-state index is 11.3. The van der Waals surface area contributed by atoms with Crippen molar-refractivity contribution in [3.8, 4) is 0 Å². The molecule has 1 fully saturated rings. The quantitative estimate of drug-likeness (QED) is 0.927. The van der Waals surface area contributed by atoms with E-state index in [4.69, 9.17) is 10.5 Å². The lowest BCUT2D eigenvalue weighted by atomic mass is 10.1. The van der Waals surface area contributed by atoms with E-state index in [9.17, 15) is 4.79 Å². The van der Waals surface area contributed by atoms with Gasteiger partial charge in [-0.05, 0) is 19.1 Å². The molecule has 5 nitrogen and oxygen atoms in total. The van der Waals surface area contributed by atoms with Crippen molar-refractivity contribution >= 4 is 27.5 Å². The third-order valence-electron chi connectivity index (χ3n) is 3.85. The monoisotopic (exact) mass is 305 g/mol. The summed E-state index contributed by atoms with van der Waals surface area (Å²) in [6.07, 6.45) is 0.391.